The second kappa shape index (κ2) is 6.75. The van der Waals surface area contributed by atoms with Crippen LogP contribution in [0.5, 0.6) is 0 Å². The number of hydrogen-bond donors (Lipinski definition) is 1. The van der Waals surface area contributed by atoms with Gasteiger partial charge in [0.1, 0.15) is 5.58 Å². The topological polar surface area (TPSA) is 42.2 Å². The van der Waals surface area contributed by atoms with Crippen molar-refractivity contribution in [3.8, 4) is 0 Å². The maximum absolute atomic E-state index is 11.7. The third-order valence-electron chi connectivity index (χ3n) is 3.64. The van der Waals surface area contributed by atoms with Gasteiger partial charge in [0, 0.05) is 34.6 Å². The van der Waals surface area contributed by atoms with Crippen molar-refractivity contribution < 1.29 is 4.42 Å². The minimum absolute atomic E-state index is 0.362. The number of halogens is 2. The minimum Gasteiger partial charge on any atom is -0.423 e. The predicted octanol–water partition coefficient (Wildman–Crippen LogP) is 4.70. The fourth-order valence-electron chi connectivity index (χ4n) is 2.48. The normalized spacial score (nSPS) is 11.1. The summed E-state index contributed by atoms with van der Waals surface area (Å²) in [5.41, 5.74) is 3.02. The molecule has 23 heavy (non-hydrogen) atoms. The SMILES string of the molecule is Cc1cc2oc(=O)cc(CNCc3cccc(Cl)c3)c2cc1Cl. The van der Waals surface area contributed by atoms with Crippen LogP contribution in [0.4, 0.5) is 0 Å². The van der Waals surface area contributed by atoms with E-state index in [-0.39, 0.29) is 5.63 Å². The summed E-state index contributed by atoms with van der Waals surface area (Å²) in [6.07, 6.45) is 0. The maximum Gasteiger partial charge on any atom is 0.336 e. The lowest BCUT2D eigenvalue weighted by molar-refractivity contribution is 0.556. The van der Waals surface area contributed by atoms with Gasteiger partial charge in [0.2, 0.25) is 0 Å². The molecule has 1 heterocycles. The smallest absolute Gasteiger partial charge is 0.336 e. The Balaban J connectivity index is 1.85. The third kappa shape index (κ3) is 3.75. The monoisotopic (exact) mass is 347 g/mol. The third-order valence-corrected chi connectivity index (χ3v) is 4.29. The number of hydrogen-bond acceptors (Lipinski definition) is 3. The number of aryl methyl sites for hydroxylation is 1. The first-order valence-corrected chi connectivity index (χ1v) is 7.96. The molecule has 0 radical (unpaired) electrons. The van der Waals surface area contributed by atoms with E-state index in [1.807, 2.05) is 37.3 Å². The molecule has 0 spiro atoms. The molecule has 0 aliphatic heterocycles. The van der Waals surface area contributed by atoms with E-state index in [4.69, 9.17) is 27.6 Å². The minimum atomic E-state index is -0.362. The van der Waals surface area contributed by atoms with E-state index < -0.39 is 0 Å². The number of fused-ring (bicyclic) bond motifs is 1. The van der Waals surface area contributed by atoms with Gasteiger partial charge in [-0.05, 0) is 47.9 Å². The predicted molar refractivity (Wildman–Crippen MR) is 94.2 cm³/mol. The molecule has 1 aromatic heterocycles. The molecule has 0 bridgehead atoms. The second-order valence-corrected chi connectivity index (χ2v) is 6.27. The van der Waals surface area contributed by atoms with E-state index in [0.29, 0.717) is 28.7 Å². The van der Waals surface area contributed by atoms with Gasteiger partial charge >= 0.3 is 5.63 Å². The second-order valence-electron chi connectivity index (χ2n) is 5.42. The van der Waals surface area contributed by atoms with Gasteiger partial charge in [-0.15, -0.1) is 0 Å². The van der Waals surface area contributed by atoms with Gasteiger partial charge in [0.25, 0.3) is 0 Å². The van der Waals surface area contributed by atoms with Crippen LogP contribution in [0.15, 0.2) is 51.7 Å². The van der Waals surface area contributed by atoms with E-state index in [0.717, 1.165) is 22.1 Å². The number of nitrogens with one attached hydrogen (secondary N) is 1. The van der Waals surface area contributed by atoms with Crippen LogP contribution in [0, 0.1) is 6.92 Å². The zero-order valence-electron chi connectivity index (χ0n) is 12.5. The molecule has 2 aromatic carbocycles. The molecule has 0 fully saturated rings. The molecule has 5 heteroatoms. The average Bonchev–Trinajstić information content (AvgIpc) is 2.49. The molecule has 1 N–H and O–H groups in total. The van der Waals surface area contributed by atoms with Crippen LogP contribution in [0.1, 0.15) is 16.7 Å². The van der Waals surface area contributed by atoms with Crippen molar-refractivity contribution in [2.24, 2.45) is 0 Å². The highest BCUT2D eigenvalue weighted by Crippen LogP contribution is 2.25. The summed E-state index contributed by atoms with van der Waals surface area (Å²) in [4.78, 5) is 11.7. The summed E-state index contributed by atoms with van der Waals surface area (Å²) >= 11 is 12.2. The first-order valence-electron chi connectivity index (χ1n) is 7.21. The Morgan fingerprint density at radius 2 is 1.91 bits per heavy atom. The van der Waals surface area contributed by atoms with Crippen LogP contribution in [-0.4, -0.2) is 0 Å². The molecule has 3 nitrogen and oxygen atoms in total. The Morgan fingerprint density at radius 3 is 2.70 bits per heavy atom. The molecule has 118 valence electrons. The molecular weight excluding hydrogens is 333 g/mol. The quantitative estimate of drug-likeness (QED) is 0.695. The molecule has 0 aliphatic rings. The van der Waals surface area contributed by atoms with Gasteiger partial charge in [0.05, 0.1) is 0 Å². The van der Waals surface area contributed by atoms with Gasteiger partial charge in [0.15, 0.2) is 0 Å². The van der Waals surface area contributed by atoms with Crippen LogP contribution in [-0.2, 0) is 13.1 Å². The zero-order chi connectivity index (χ0) is 16.4. The highest BCUT2D eigenvalue weighted by molar-refractivity contribution is 6.32. The van der Waals surface area contributed by atoms with Crippen molar-refractivity contribution in [3.63, 3.8) is 0 Å². The molecule has 0 aliphatic carbocycles. The van der Waals surface area contributed by atoms with Crippen LogP contribution in [0.25, 0.3) is 11.0 Å². The van der Waals surface area contributed by atoms with Crippen LogP contribution < -0.4 is 10.9 Å². The Morgan fingerprint density at radius 1 is 1.09 bits per heavy atom. The molecule has 0 amide bonds. The van der Waals surface area contributed by atoms with Crippen molar-refractivity contribution in [1.82, 2.24) is 5.32 Å². The van der Waals surface area contributed by atoms with E-state index in [1.54, 1.807) is 6.07 Å². The molecule has 0 saturated carbocycles. The van der Waals surface area contributed by atoms with E-state index >= 15 is 0 Å². The van der Waals surface area contributed by atoms with Gasteiger partial charge in [-0.2, -0.15) is 0 Å². The lowest BCUT2D eigenvalue weighted by Gasteiger charge is -2.09. The van der Waals surface area contributed by atoms with E-state index in [2.05, 4.69) is 5.32 Å². The number of rotatable bonds is 4. The number of benzene rings is 2. The van der Waals surface area contributed by atoms with Crippen LogP contribution >= 0.6 is 23.2 Å². The highest BCUT2D eigenvalue weighted by Gasteiger charge is 2.08. The first kappa shape index (κ1) is 16.1. The maximum atomic E-state index is 11.7. The summed E-state index contributed by atoms with van der Waals surface area (Å²) in [6.45, 7) is 3.07. The summed E-state index contributed by atoms with van der Waals surface area (Å²) in [5.74, 6) is 0. The lowest BCUT2D eigenvalue weighted by Crippen LogP contribution is -2.14. The molecular formula is C18H15Cl2NO2. The molecule has 3 aromatic rings. The van der Waals surface area contributed by atoms with Gasteiger partial charge < -0.3 is 9.73 Å². The zero-order valence-corrected chi connectivity index (χ0v) is 14.0. The van der Waals surface area contributed by atoms with Crippen LogP contribution in [0.2, 0.25) is 10.0 Å². The van der Waals surface area contributed by atoms with E-state index in [9.17, 15) is 4.79 Å². The standard InChI is InChI=1S/C18H15Cl2NO2/c1-11-5-17-15(8-16(11)20)13(7-18(22)23-17)10-21-9-12-3-2-4-14(19)6-12/h2-8,21H,9-10H2,1H3. The molecule has 3 rings (SSSR count). The largest absolute Gasteiger partial charge is 0.423 e. The molecule has 0 saturated heterocycles. The van der Waals surface area contributed by atoms with Crippen molar-refractivity contribution in [2.45, 2.75) is 20.0 Å². The molecule has 0 unspecified atom stereocenters. The summed E-state index contributed by atoms with van der Waals surface area (Å²) < 4.78 is 5.26. The average molecular weight is 348 g/mol. The van der Waals surface area contributed by atoms with Crippen LogP contribution in [0.3, 0.4) is 0 Å². The Hall–Kier alpha value is -1.81. The Kier molecular flexibility index (Phi) is 4.71. The fourth-order valence-corrected chi connectivity index (χ4v) is 2.86. The summed E-state index contributed by atoms with van der Waals surface area (Å²) in [5, 5.41) is 5.52. The van der Waals surface area contributed by atoms with E-state index in [1.165, 1.54) is 6.07 Å². The van der Waals surface area contributed by atoms with Crippen molar-refractivity contribution in [3.05, 3.63) is 79.6 Å². The first-order chi connectivity index (χ1) is 11.0. The van der Waals surface area contributed by atoms with Crippen molar-refractivity contribution in [2.75, 3.05) is 0 Å². The van der Waals surface area contributed by atoms with Gasteiger partial charge in [-0.25, -0.2) is 4.79 Å². The Bertz CT molecular complexity index is 919. The Labute approximate surface area is 143 Å². The van der Waals surface area contributed by atoms with Crippen molar-refractivity contribution in [1.29, 1.82) is 0 Å². The lowest BCUT2D eigenvalue weighted by atomic mass is 10.1. The van der Waals surface area contributed by atoms with Crippen molar-refractivity contribution >= 4 is 34.2 Å². The summed E-state index contributed by atoms with van der Waals surface area (Å²) in [6, 6.07) is 12.8. The fraction of sp³-hybridized carbons (Fsp3) is 0.167. The highest BCUT2D eigenvalue weighted by atomic mass is 35.5. The van der Waals surface area contributed by atoms with Gasteiger partial charge in [-0.3, -0.25) is 0 Å². The summed E-state index contributed by atoms with van der Waals surface area (Å²) in [7, 11) is 0. The molecule has 0 atom stereocenters. The van der Waals surface area contributed by atoms with Gasteiger partial charge in [-0.1, -0.05) is 35.3 Å².